The van der Waals surface area contributed by atoms with E-state index < -0.39 is 11.6 Å². The summed E-state index contributed by atoms with van der Waals surface area (Å²) in [6.45, 7) is 0. The van der Waals surface area contributed by atoms with Crippen LogP contribution in [0, 0.1) is 11.6 Å². The van der Waals surface area contributed by atoms with Gasteiger partial charge in [-0.3, -0.25) is 0 Å². The zero-order chi connectivity index (χ0) is 8.27. The third kappa shape index (κ3) is 1.65. The van der Waals surface area contributed by atoms with E-state index in [1.165, 1.54) is 6.07 Å². The highest BCUT2D eigenvalue weighted by Gasteiger charge is 1.99. The number of hydrogen-bond acceptors (Lipinski definition) is 1. The van der Waals surface area contributed by atoms with Gasteiger partial charge in [0.05, 0.1) is 0 Å². The van der Waals surface area contributed by atoms with Crippen LogP contribution in [0.25, 0.3) is 10.4 Å². The van der Waals surface area contributed by atoms with Crippen molar-refractivity contribution in [3.05, 3.63) is 40.3 Å². The Kier molecular flexibility index (Phi) is 2.03. The molecule has 0 amide bonds. The van der Waals surface area contributed by atoms with E-state index in [0.717, 1.165) is 12.1 Å². The second-order valence-corrected chi connectivity index (χ2v) is 1.79. The van der Waals surface area contributed by atoms with Crippen LogP contribution in [0.2, 0.25) is 0 Å². The minimum Gasteiger partial charge on any atom is -0.204 e. The Balaban J connectivity index is 3.14. The molecule has 0 aliphatic carbocycles. The lowest BCUT2D eigenvalue weighted by atomic mass is 10.3. The molecule has 0 bridgehead atoms. The van der Waals surface area contributed by atoms with Gasteiger partial charge in [-0.1, -0.05) is 5.11 Å². The summed E-state index contributed by atoms with van der Waals surface area (Å²) >= 11 is 0. The summed E-state index contributed by atoms with van der Waals surface area (Å²) < 4.78 is 24.6. The van der Waals surface area contributed by atoms with Crippen LogP contribution in [-0.2, 0) is 0 Å². The van der Waals surface area contributed by atoms with Gasteiger partial charge in [0, 0.05) is 10.6 Å². The Hall–Kier alpha value is -1.61. The van der Waals surface area contributed by atoms with Crippen LogP contribution >= 0.6 is 0 Å². The summed E-state index contributed by atoms with van der Waals surface area (Å²) in [5.74, 6) is -1.98. The summed E-state index contributed by atoms with van der Waals surface area (Å²) in [4.78, 5) is 2.41. The summed E-state index contributed by atoms with van der Waals surface area (Å²) in [5, 5.41) is 3.08. The quantitative estimate of drug-likeness (QED) is 0.338. The van der Waals surface area contributed by atoms with Crippen molar-refractivity contribution in [2.24, 2.45) is 5.11 Å². The van der Waals surface area contributed by atoms with Crippen LogP contribution in [0.3, 0.4) is 0 Å². The summed E-state index contributed by atoms with van der Waals surface area (Å²) in [6, 6.07) is 2.92. The summed E-state index contributed by atoms with van der Waals surface area (Å²) in [6.07, 6.45) is 0. The van der Waals surface area contributed by atoms with Gasteiger partial charge in [-0.15, -0.1) is 0 Å². The normalized spacial score (nSPS) is 8.91. The third-order valence-electron chi connectivity index (χ3n) is 1.06. The Morgan fingerprint density at radius 3 is 2.55 bits per heavy atom. The fourth-order valence-electron chi connectivity index (χ4n) is 0.599. The number of azide groups is 1. The Morgan fingerprint density at radius 1 is 1.27 bits per heavy atom. The number of hydrogen-bond donors (Lipinski definition) is 0. The molecule has 1 aromatic rings. The first kappa shape index (κ1) is 7.50. The first-order valence-electron chi connectivity index (χ1n) is 2.74. The summed E-state index contributed by atoms with van der Waals surface area (Å²) in [7, 11) is 0. The maximum atomic E-state index is 12.3. The predicted molar refractivity (Wildman–Crippen MR) is 35.2 cm³/mol. The van der Waals surface area contributed by atoms with Gasteiger partial charge in [-0.2, -0.15) is 0 Å². The van der Waals surface area contributed by atoms with Gasteiger partial charge < -0.3 is 0 Å². The lowest BCUT2D eigenvalue weighted by Crippen LogP contribution is -1.79. The average Bonchev–Trinajstić information content (AvgIpc) is 1.98. The second-order valence-electron chi connectivity index (χ2n) is 1.79. The molecule has 0 fully saturated rings. The van der Waals surface area contributed by atoms with Crippen molar-refractivity contribution in [2.45, 2.75) is 0 Å². The van der Waals surface area contributed by atoms with Crippen molar-refractivity contribution in [3.8, 4) is 0 Å². The van der Waals surface area contributed by atoms with Gasteiger partial charge in [-0.25, -0.2) is 8.78 Å². The fourth-order valence-corrected chi connectivity index (χ4v) is 0.599. The highest BCUT2D eigenvalue weighted by atomic mass is 18.2. The molecule has 1 aromatic carbocycles. The molecule has 0 unspecified atom stereocenters. The topological polar surface area (TPSA) is 48.8 Å². The van der Waals surface area contributed by atoms with Crippen LogP contribution in [0.1, 0.15) is 0 Å². The van der Waals surface area contributed by atoms with Crippen molar-refractivity contribution < 1.29 is 8.78 Å². The molecule has 0 aliphatic rings. The molecule has 0 radical (unpaired) electrons. The van der Waals surface area contributed by atoms with Crippen LogP contribution < -0.4 is 0 Å². The molecule has 0 spiro atoms. The predicted octanol–water partition coefficient (Wildman–Crippen LogP) is 2.91. The molecule has 0 aliphatic heterocycles. The highest BCUT2D eigenvalue weighted by molar-refractivity contribution is 5.36. The molecule has 1 rings (SSSR count). The lowest BCUT2D eigenvalue weighted by molar-refractivity contribution is 0.509. The van der Waals surface area contributed by atoms with Crippen molar-refractivity contribution in [1.29, 1.82) is 0 Å². The summed E-state index contributed by atoms with van der Waals surface area (Å²) in [5.41, 5.74) is 7.98. The van der Waals surface area contributed by atoms with Crippen LogP contribution in [-0.4, -0.2) is 0 Å². The molecular weight excluding hydrogens is 150 g/mol. The van der Waals surface area contributed by atoms with E-state index in [9.17, 15) is 8.78 Å². The first-order chi connectivity index (χ1) is 5.24. The highest BCUT2D eigenvalue weighted by Crippen LogP contribution is 2.15. The van der Waals surface area contributed by atoms with E-state index in [2.05, 4.69) is 10.0 Å². The standard InChI is InChI=1S/C6H3F2N3/c7-5-2-1-4(10-11-9)3-6(5)8/h1-3H/i7-1,8-1. The van der Waals surface area contributed by atoms with Crippen molar-refractivity contribution in [2.75, 3.05) is 0 Å². The maximum absolute atomic E-state index is 12.3. The van der Waals surface area contributed by atoms with Gasteiger partial charge in [0.15, 0.2) is 11.6 Å². The van der Waals surface area contributed by atoms with Crippen molar-refractivity contribution in [1.82, 2.24) is 0 Å². The van der Waals surface area contributed by atoms with Crippen LogP contribution in [0.15, 0.2) is 23.3 Å². The van der Waals surface area contributed by atoms with E-state index in [4.69, 9.17) is 5.53 Å². The van der Waals surface area contributed by atoms with Gasteiger partial charge >= 0.3 is 0 Å². The van der Waals surface area contributed by atoms with E-state index >= 15 is 0 Å². The molecule has 0 saturated carbocycles. The van der Waals surface area contributed by atoms with E-state index in [-0.39, 0.29) is 5.69 Å². The monoisotopic (exact) mass is 153 g/mol. The molecule has 56 valence electrons. The van der Waals surface area contributed by atoms with E-state index in [1.54, 1.807) is 0 Å². The second kappa shape index (κ2) is 2.98. The van der Waals surface area contributed by atoms with Gasteiger partial charge in [0.2, 0.25) is 0 Å². The van der Waals surface area contributed by atoms with Gasteiger partial charge in [0.25, 0.3) is 0 Å². The number of halogens is 2. The molecule has 0 N–H and O–H groups in total. The smallest absolute Gasteiger partial charge is 0.159 e. The zero-order valence-electron chi connectivity index (χ0n) is 5.33. The average molecular weight is 153 g/mol. The Bertz CT molecular complexity index is 318. The third-order valence-corrected chi connectivity index (χ3v) is 1.06. The molecule has 0 aromatic heterocycles. The van der Waals surface area contributed by atoms with Gasteiger partial charge in [-0.05, 0) is 23.7 Å². The first-order valence-corrected chi connectivity index (χ1v) is 2.74. The Morgan fingerprint density at radius 2 is 2.00 bits per heavy atom. The number of benzene rings is 1. The molecule has 0 saturated heterocycles. The minimum absolute atomic E-state index is 0.0615. The molecule has 5 heteroatoms. The SMILES string of the molecule is [N-]=[N+]=Nc1ccc([18F])c([18F])c1. The minimum atomic E-state index is -1.02. The van der Waals surface area contributed by atoms with Crippen LogP contribution in [0.5, 0.6) is 0 Å². The van der Waals surface area contributed by atoms with Crippen molar-refractivity contribution >= 4 is 5.69 Å². The van der Waals surface area contributed by atoms with Crippen molar-refractivity contribution in [3.63, 3.8) is 0 Å². The number of nitrogens with zero attached hydrogens (tertiary/aromatic N) is 3. The van der Waals surface area contributed by atoms with Crippen LogP contribution in [0.4, 0.5) is 14.5 Å². The molecule has 0 heterocycles. The van der Waals surface area contributed by atoms with E-state index in [0.29, 0.717) is 0 Å². The molecule has 3 nitrogen and oxygen atoms in total. The van der Waals surface area contributed by atoms with Gasteiger partial charge in [0.1, 0.15) is 0 Å². The Labute approximate surface area is 60.9 Å². The zero-order valence-corrected chi connectivity index (χ0v) is 5.33. The largest absolute Gasteiger partial charge is 0.204 e. The molecule has 0 atom stereocenters. The number of rotatable bonds is 1. The maximum Gasteiger partial charge on any atom is 0.159 e. The lowest BCUT2D eigenvalue weighted by Gasteiger charge is -1.91. The van der Waals surface area contributed by atoms with E-state index in [1.807, 2.05) is 0 Å². The molecular formula is C6H3F2N3. The fraction of sp³-hybridized carbons (Fsp3) is 0. The molecule has 11 heavy (non-hydrogen) atoms.